The van der Waals surface area contributed by atoms with Crippen LogP contribution in [0.5, 0.6) is 0 Å². The minimum atomic E-state index is 1.14. The normalized spacial score (nSPS) is 11.8. The van der Waals surface area contributed by atoms with Gasteiger partial charge >= 0.3 is 0 Å². The Hall–Kier alpha value is -9.18. The Labute approximate surface area is 399 Å². The predicted octanol–water partition coefficient (Wildman–Crippen LogP) is 17.6. The minimum absolute atomic E-state index is 1.14. The van der Waals surface area contributed by atoms with E-state index >= 15 is 0 Å². The lowest BCUT2D eigenvalue weighted by Gasteiger charge is -2.17. The molecule has 69 heavy (non-hydrogen) atoms. The molecule has 0 aliphatic carbocycles. The maximum atomic E-state index is 2.51. The summed E-state index contributed by atoms with van der Waals surface area (Å²) in [5, 5.41) is 7.38. The summed E-state index contributed by atoms with van der Waals surface area (Å²) in [5.74, 6) is 0. The first kappa shape index (κ1) is 39.0. The molecule has 0 saturated carbocycles. The Bertz CT molecular complexity index is 4290. The first-order valence-corrected chi connectivity index (χ1v) is 23.8. The van der Waals surface area contributed by atoms with E-state index in [9.17, 15) is 0 Å². The van der Waals surface area contributed by atoms with Gasteiger partial charge < -0.3 is 13.7 Å². The molecule has 0 aliphatic heterocycles. The van der Waals surface area contributed by atoms with Gasteiger partial charge in [-0.1, -0.05) is 200 Å². The molecular weight excluding hydrogens is 835 g/mol. The first-order chi connectivity index (χ1) is 34.3. The largest absolute Gasteiger partial charge is 0.309 e. The van der Waals surface area contributed by atoms with Crippen molar-refractivity contribution in [2.24, 2.45) is 0 Å². The van der Waals surface area contributed by atoms with Gasteiger partial charge in [-0.3, -0.25) is 0 Å². The van der Waals surface area contributed by atoms with Crippen molar-refractivity contribution in [3.05, 3.63) is 261 Å². The molecular formula is C66H43N3. The molecule has 3 heteroatoms. The van der Waals surface area contributed by atoms with Crippen LogP contribution in [-0.2, 0) is 0 Å². The van der Waals surface area contributed by atoms with Gasteiger partial charge in [0.05, 0.1) is 50.2 Å². The van der Waals surface area contributed by atoms with Crippen LogP contribution in [0.15, 0.2) is 261 Å². The van der Waals surface area contributed by atoms with Crippen molar-refractivity contribution in [1.29, 1.82) is 0 Å². The van der Waals surface area contributed by atoms with E-state index in [0.717, 1.165) is 17.1 Å². The van der Waals surface area contributed by atoms with Crippen molar-refractivity contribution in [3.63, 3.8) is 0 Å². The fourth-order valence-corrected chi connectivity index (χ4v) is 11.3. The lowest BCUT2D eigenvalue weighted by Crippen LogP contribution is -1.99. The molecule has 0 amide bonds. The summed E-state index contributed by atoms with van der Waals surface area (Å²) < 4.78 is 7.48. The third kappa shape index (κ3) is 6.07. The summed E-state index contributed by atoms with van der Waals surface area (Å²) in [6.07, 6.45) is 0. The number of aromatic nitrogens is 3. The van der Waals surface area contributed by atoms with Crippen LogP contribution in [0.3, 0.4) is 0 Å². The number of benzene rings is 11. The van der Waals surface area contributed by atoms with Crippen molar-refractivity contribution < 1.29 is 0 Å². The third-order valence-electron chi connectivity index (χ3n) is 14.3. The zero-order chi connectivity index (χ0) is 45.4. The summed E-state index contributed by atoms with van der Waals surface area (Å²) in [6, 6.07) is 95.4. The lowest BCUT2D eigenvalue weighted by atomic mass is 9.97. The van der Waals surface area contributed by atoms with E-state index in [-0.39, 0.29) is 0 Å². The van der Waals surface area contributed by atoms with E-state index in [1.54, 1.807) is 0 Å². The molecule has 14 rings (SSSR count). The topological polar surface area (TPSA) is 14.8 Å². The molecule has 322 valence electrons. The Morgan fingerprint density at radius 1 is 0.203 bits per heavy atom. The predicted molar refractivity (Wildman–Crippen MR) is 291 cm³/mol. The average molecular weight is 878 g/mol. The van der Waals surface area contributed by atoms with E-state index in [2.05, 4.69) is 275 Å². The maximum absolute atomic E-state index is 2.51. The Kier molecular flexibility index (Phi) is 8.90. The standard InChI is InChI=1S/C66H43N3/c1-4-20-44(21-5-1)47-36-39-62(55(42-47)46-24-8-3-9-25-46)67-59-33-17-13-29-52(59)56-43-48(37-40-63(56)67)50-27-11-15-31-57(50)68-61-35-19-14-30-54(61)65-64(68)41-38-53-51-28-12-18-34-60(51)69(66(53)65)58-32-16-10-26-49(58)45-22-6-2-7-23-45/h1-43H. The van der Waals surface area contributed by atoms with Crippen LogP contribution in [0.4, 0.5) is 0 Å². The van der Waals surface area contributed by atoms with Crippen molar-refractivity contribution in [2.45, 2.75) is 0 Å². The quantitative estimate of drug-likeness (QED) is 0.152. The Balaban J connectivity index is 0.996. The second kappa shape index (κ2) is 15.7. The van der Waals surface area contributed by atoms with Crippen LogP contribution in [0.25, 0.3) is 127 Å². The number of nitrogens with zero attached hydrogens (tertiary/aromatic N) is 3. The van der Waals surface area contributed by atoms with Crippen LogP contribution in [0.1, 0.15) is 0 Å². The highest BCUT2D eigenvalue weighted by Crippen LogP contribution is 2.46. The smallest absolute Gasteiger partial charge is 0.0641 e. The van der Waals surface area contributed by atoms with E-state index in [0.29, 0.717) is 0 Å². The van der Waals surface area contributed by atoms with Gasteiger partial charge in [-0.05, 0) is 88.5 Å². The van der Waals surface area contributed by atoms with Crippen molar-refractivity contribution in [3.8, 4) is 61.6 Å². The molecule has 0 saturated heterocycles. The molecule has 3 nitrogen and oxygen atoms in total. The second-order valence-electron chi connectivity index (χ2n) is 18.0. The average Bonchev–Trinajstić information content (AvgIpc) is 4.07. The molecule has 0 aliphatic rings. The van der Waals surface area contributed by atoms with E-state index < -0.39 is 0 Å². The fraction of sp³-hybridized carbons (Fsp3) is 0. The number of fused-ring (bicyclic) bond motifs is 10. The monoisotopic (exact) mass is 877 g/mol. The van der Waals surface area contributed by atoms with Gasteiger partial charge in [0.2, 0.25) is 0 Å². The van der Waals surface area contributed by atoms with Gasteiger partial charge in [0.25, 0.3) is 0 Å². The second-order valence-corrected chi connectivity index (χ2v) is 18.0. The molecule has 3 heterocycles. The Morgan fingerprint density at radius 3 is 1.32 bits per heavy atom. The molecule has 14 aromatic rings. The zero-order valence-electron chi connectivity index (χ0n) is 37.7. The molecule has 11 aromatic carbocycles. The molecule has 0 spiro atoms. The van der Waals surface area contributed by atoms with Gasteiger partial charge in [0.15, 0.2) is 0 Å². The summed E-state index contributed by atoms with van der Waals surface area (Å²) >= 11 is 0. The van der Waals surface area contributed by atoms with Crippen molar-refractivity contribution in [1.82, 2.24) is 13.7 Å². The number of hydrogen-bond acceptors (Lipinski definition) is 0. The zero-order valence-corrected chi connectivity index (χ0v) is 37.7. The van der Waals surface area contributed by atoms with Gasteiger partial charge in [-0.2, -0.15) is 0 Å². The van der Waals surface area contributed by atoms with Gasteiger partial charge in [0, 0.05) is 49.0 Å². The van der Waals surface area contributed by atoms with E-state index in [1.165, 1.54) is 110 Å². The summed E-state index contributed by atoms with van der Waals surface area (Å²) in [6.45, 7) is 0. The molecule has 0 atom stereocenters. The molecule has 0 fully saturated rings. The summed E-state index contributed by atoms with van der Waals surface area (Å²) in [4.78, 5) is 0. The van der Waals surface area contributed by atoms with E-state index in [4.69, 9.17) is 0 Å². The molecule has 0 unspecified atom stereocenters. The summed E-state index contributed by atoms with van der Waals surface area (Å²) in [7, 11) is 0. The lowest BCUT2D eigenvalue weighted by molar-refractivity contribution is 1.17. The molecule has 3 aromatic heterocycles. The van der Waals surface area contributed by atoms with Gasteiger partial charge in [-0.15, -0.1) is 0 Å². The van der Waals surface area contributed by atoms with Crippen molar-refractivity contribution >= 4 is 65.4 Å². The number of para-hydroxylation sites is 5. The molecule has 0 radical (unpaired) electrons. The first-order valence-electron chi connectivity index (χ1n) is 23.8. The summed E-state index contributed by atoms with van der Waals surface area (Å²) in [5.41, 5.74) is 20.1. The minimum Gasteiger partial charge on any atom is -0.309 e. The van der Waals surface area contributed by atoms with Crippen LogP contribution in [0, 0.1) is 0 Å². The maximum Gasteiger partial charge on any atom is 0.0641 e. The highest BCUT2D eigenvalue weighted by atomic mass is 15.0. The number of hydrogen-bond donors (Lipinski definition) is 0. The number of rotatable bonds is 7. The van der Waals surface area contributed by atoms with Crippen LogP contribution in [-0.4, -0.2) is 13.7 Å². The fourth-order valence-electron chi connectivity index (χ4n) is 11.3. The van der Waals surface area contributed by atoms with Gasteiger partial charge in [0.1, 0.15) is 0 Å². The Morgan fingerprint density at radius 2 is 0.638 bits per heavy atom. The highest BCUT2D eigenvalue weighted by Gasteiger charge is 2.24. The van der Waals surface area contributed by atoms with Crippen LogP contribution < -0.4 is 0 Å². The van der Waals surface area contributed by atoms with Crippen LogP contribution in [0.2, 0.25) is 0 Å². The van der Waals surface area contributed by atoms with Crippen LogP contribution >= 0.6 is 0 Å². The highest BCUT2D eigenvalue weighted by molar-refractivity contribution is 6.26. The SMILES string of the molecule is c1ccc(-c2ccc(-n3c4ccccc4c4cc(-c5ccccc5-n5c6ccccc6c6c5ccc5c7ccccc7n(-c7ccccc7-c7ccccc7)c56)ccc43)c(-c3ccccc3)c2)cc1. The third-order valence-corrected chi connectivity index (χ3v) is 14.3. The van der Waals surface area contributed by atoms with Gasteiger partial charge in [-0.25, -0.2) is 0 Å². The molecule has 0 N–H and O–H groups in total. The van der Waals surface area contributed by atoms with E-state index in [1.807, 2.05) is 0 Å². The molecule has 0 bridgehead atoms. The van der Waals surface area contributed by atoms with Crippen molar-refractivity contribution in [2.75, 3.05) is 0 Å².